The molecule has 3 nitrogen and oxygen atoms in total. The fourth-order valence-corrected chi connectivity index (χ4v) is 3.15. The van der Waals surface area contributed by atoms with Gasteiger partial charge in [-0.15, -0.1) is 0 Å². The molecule has 0 heterocycles. The molecule has 0 aliphatic rings. The van der Waals surface area contributed by atoms with Crippen molar-refractivity contribution in [2.75, 3.05) is 16.8 Å². The molecule has 4 heteroatoms. The van der Waals surface area contributed by atoms with Crippen molar-refractivity contribution in [2.45, 2.75) is 46.1 Å². The lowest BCUT2D eigenvalue weighted by molar-refractivity contribution is 0.588. The van der Waals surface area contributed by atoms with Gasteiger partial charge in [0.05, 0.1) is 5.75 Å². The molecule has 0 saturated carbocycles. The lowest BCUT2D eigenvalue weighted by Gasteiger charge is -2.25. The normalized spacial score (nSPS) is 14.2. The highest BCUT2D eigenvalue weighted by molar-refractivity contribution is 7.91. The maximum atomic E-state index is 11.6. The minimum atomic E-state index is -2.95. The van der Waals surface area contributed by atoms with Crippen molar-refractivity contribution in [1.82, 2.24) is 0 Å². The van der Waals surface area contributed by atoms with E-state index in [-0.39, 0.29) is 23.0 Å². The van der Waals surface area contributed by atoms with E-state index in [1.54, 1.807) is 6.92 Å². The summed E-state index contributed by atoms with van der Waals surface area (Å²) in [5.41, 5.74) is 2.26. The molecule has 0 spiro atoms. The van der Waals surface area contributed by atoms with Crippen LogP contribution < -0.4 is 5.32 Å². The van der Waals surface area contributed by atoms with Gasteiger partial charge in [0.1, 0.15) is 0 Å². The molecule has 1 rings (SSSR count). The van der Waals surface area contributed by atoms with Crippen molar-refractivity contribution in [3.8, 4) is 0 Å². The molecule has 0 fully saturated rings. The number of hydrogen-bond donors (Lipinski definition) is 1. The third-order valence-electron chi connectivity index (χ3n) is 3.08. The second-order valence-corrected chi connectivity index (χ2v) is 8.44. The smallest absolute Gasteiger partial charge is 0.152 e. The minimum Gasteiger partial charge on any atom is -0.381 e. The molecule has 1 unspecified atom stereocenters. The highest BCUT2D eigenvalue weighted by atomic mass is 32.2. The first kappa shape index (κ1) is 16.0. The fraction of sp³-hybridized carbons (Fsp3) is 0.600. The summed E-state index contributed by atoms with van der Waals surface area (Å²) in [5, 5.41) is 3.33. The topological polar surface area (TPSA) is 46.2 Å². The van der Waals surface area contributed by atoms with Crippen LogP contribution in [0.1, 0.15) is 40.2 Å². The van der Waals surface area contributed by atoms with E-state index < -0.39 is 9.84 Å². The average molecular weight is 283 g/mol. The van der Waals surface area contributed by atoms with Crippen LogP contribution in [-0.4, -0.2) is 26.0 Å². The van der Waals surface area contributed by atoms with Crippen molar-refractivity contribution in [2.24, 2.45) is 0 Å². The Morgan fingerprint density at radius 1 is 1.21 bits per heavy atom. The van der Waals surface area contributed by atoms with Crippen molar-refractivity contribution >= 4 is 15.5 Å². The summed E-state index contributed by atoms with van der Waals surface area (Å²) in [4.78, 5) is 0. The Morgan fingerprint density at radius 2 is 1.79 bits per heavy atom. The summed E-state index contributed by atoms with van der Waals surface area (Å²) >= 11 is 0. The van der Waals surface area contributed by atoms with Crippen molar-refractivity contribution in [3.05, 3.63) is 29.8 Å². The number of anilines is 1. The lowest BCUT2D eigenvalue weighted by Crippen LogP contribution is -2.28. The first-order chi connectivity index (χ1) is 8.65. The van der Waals surface area contributed by atoms with Crippen LogP contribution >= 0.6 is 0 Å². The zero-order valence-corrected chi connectivity index (χ0v) is 13.3. The van der Waals surface area contributed by atoms with E-state index in [1.807, 2.05) is 25.1 Å². The second-order valence-electron chi connectivity index (χ2n) is 6.04. The Morgan fingerprint density at radius 3 is 2.32 bits per heavy atom. The van der Waals surface area contributed by atoms with Gasteiger partial charge in [-0.1, -0.05) is 45.9 Å². The molecule has 0 saturated heterocycles. The average Bonchev–Trinajstić information content (AvgIpc) is 2.27. The van der Waals surface area contributed by atoms with Crippen molar-refractivity contribution in [1.29, 1.82) is 0 Å². The molecule has 1 atom stereocenters. The third kappa shape index (κ3) is 4.86. The molecular formula is C15H25NO2S. The molecule has 0 radical (unpaired) electrons. The number of para-hydroxylation sites is 1. The van der Waals surface area contributed by atoms with E-state index in [0.29, 0.717) is 0 Å². The highest BCUT2D eigenvalue weighted by Gasteiger charge is 2.19. The molecule has 19 heavy (non-hydrogen) atoms. The Hall–Kier alpha value is -1.03. The predicted molar refractivity (Wildman–Crippen MR) is 82.6 cm³/mol. The molecule has 108 valence electrons. The van der Waals surface area contributed by atoms with E-state index in [9.17, 15) is 8.42 Å². The van der Waals surface area contributed by atoms with Gasteiger partial charge in [0, 0.05) is 17.5 Å². The Labute approximate surface area is 117 Å². The highest BCUT2D eigenvalue weighted by Crippen LogP contribution is 2.29. The summed E-state index contributed by atoms with van der Waals surface area (Å²) in [6, 6.07) is 7.99. The second kappa shape index (κ2) is 5.95. The largest absolute Gasteiger partial charge is 0.381 e. The fourth-order valence-electron chi connectivity index (χ4n) is 2.07. The summed E-state index contributed by atoms with van der Waals surface area (Å²) in [6.07, 6.45) is 0. The molecule has 0 aliphatic carbocycles. The van der Waals surface area contributed by atoms with Gasteiger partial charge in [-0.05, 0) is 24.0 Å². The Balaban J connectivity index is 2.89. The molecule has 1 aromatic rings. The SMILES string of the molecule is CCS(=O)(=O)CC(C)Nc1ccccc1C(C)(C)C. The van der Waals surface area contributed by atoms with Gasteiger partial charge in [0.2, 0.25) is 0 Å². The zero-order chi connectivity index (χ0) is 14.7. The van der Waals surface area contributed by atoms with Gasteiger partial charge in [-0.2, -0.15) is 0 Å². The number of nitrogens with one attached hydrogen (secondary N) is 1. The number of rotatable bonds is 5. The maximum Gasteiger partial charge on any atom is 0.152 e. The van der Waals surface area contributed by atoms with Crippen LogP contribution in [0.15, 0.2) is 24.3 Å². The number of sulfone groups is 1. The zero-order valence-electron chi connectivity index (χ0n) is 12.5. The van der Waals surface area contributed by atoms with Gasteiger partial charge in [-0.3, -0.25) is 0 Å². The summed E-state index contributed by atoms with van der Waals surface area (Å²) in [5.74, 6) is 0.363. The first-order valence-electron chi connectivity index (χ1n) is 6.72. The third-order valence-corrected chi connectivity index (χ3v) is 4.97. The van der Waals surface area contributed by atoms with E-state index in [1.165, 1.54) is 5.56 Å². The van der Waals surface area contributed by atoms with E-state index in [0.717, 1.165) is 5.69 Å². The molecule has 0 aromatic heterocycles. The van der Waals surface area contributed by atoms with Gasteiger partial charge < -0.3 is 5.32 Å². The van der Waals surface area contributed by atoms with Crippen LogP contribution in [0.3, 0.4) is 0 Å². The number of hydrogen-bond acceptors (Lipinski definition) is 3. The van der Waals surface area contributed by atoms with Crippen LogP contribution in [0, 0.1) is 0 Å². The Kier molecular flexibility index (Phi) is 5.02. The quantitative estimate of drug-likeness (QED) is 0.902. The molecule has 0 amide bonds. The van der Waals surface area contributed by atoms with Gasteiger partial charge in [0.15, 0.2) is 9.84 Å². The van der Waals surface area contributed by atoms with Crippen molar-refractivity contribution in [3.63, 3.8) is 0 Å². The molecule has 0 bridgehead atoms. The summed E-state index contributed by atoms with van der Waals surface area (Å²) in [6.45, 7) is 10.1. The minimum absolute atomic E-state index is 0.0347. The first-order valence-corrected chi connectivity index (χ1v) is 8.54. The van der Waals surface area contributed by atoms with Gasteiger partial charge in [0.25, 0.3) is 0 Å². The van der Waals surface area contributed by atoms with Crippen molar-refractivity contribution < 1.29 is 8.42 Å². The lowest BCUT2D eigenvalue weighted by atomic mass is 9.85. The molecule has 1 N–H and O–H groups in total. The molecule has 0 aliphatic heterocycles. The summed E-state index contributed by atoms with van der Waals surface area (Å²) < 4.78 is 23.3. The van der Waals surface area contributed by atoms with E-state index >= 15 is 0 Å². The molecular weight excluding hydrogens is 258 g/mol. The molecule has 1 aromatic carbocycles. The summed E-state index contributed by atoms with van der Waals surface area (Å²) in [7, 11) is -2.95. The van der Waals surface area contributed by atoms with Gasteiger partial charge in [-0.25, -0.2) is 8.42 Å². The van der Waals surface area contributed by atoms with Crippen LogP contribution in [0.5, 0.6) is 0 Å². The van der Waals surface area contributed by atoms with E-state index in [4.69, 9.17) is 0 Å². The van der Waals surface area contributed by atoms with Crippen LogP contribution in [0.25, 0.3) is 0 Å². The monoisotopic (exact) mass is 283 g/mol. The van der Waals surface area contributed by atoms with Gasteiger partial charge >= 0.3 is 0 Å². The van der Waals surface area contributed by atoms with Crippen LogP contribution in [0.4, 0.5) is 5.69 Å². The Bertz CT molecular complexity index is 515. The predicted octanol–water partition coefficient (Wildman–Crippen LogP) is 3.22. The standard InChI is InChI=1S/C15H25NO2S/c1-6-19(17,18)11-12(2)16-14-10-8-7-9-13(14)15(3,4)5/h7-10,12,16H,6,11H2,1-5H3. The number of benzene rings is 1. The van der Waals surface area contributed by atoms with Crippen LogP contribution in [0.2, 0.25) is 0 Å². The maximum absolute atomic E-state index is 11.6. The van der Waals surface area contributed by atoms with E-state index in [2.05, 4.69) is 32.2 Å². The van der Waals surface area contributed by atoms with Crippen LogP contribution in [-0.2, 0) is 15.3 Å².